The average Bonchev–Trinajstić information content (AvgIpc) is 2.29. The highest BCUT2D eigenvalue weighted by Crippen LogP contribution is 2.26. The van der Waals surface area contributed by atoms with Crippen LogP contribution in [0.4, 0.5) is 4.79 Å². The van der Waals surface area contributed by atoms with Crippen molar-refractivity contribution in [1.29, 1.82) is 0 Å². The number of amides is 2. The molecule has 1 unspecified atom stereocenters. The summed E-state index contributed by atoms with van der Waals surface area (Å²) in [4.78, 5) is 21.7. The molecule has 0 aromatic rings. The highest BCUT2D eigenvalue weighted by molar-refractivity contribution is 5.75. The van der Waals surface area contributed by atoms with Gasteiger partial charge >= 0.3 is 12.0 Å². The molecule has 1 rings (SSSR count). The van der Waals surface area contributed by atoms with Crippen LogP contribution in [-0.2, 0) is 4.79 Å². The van der Waals surface area contributed by atoms with Crippen LogP contribution in [0.25, 0.3) is 0 Å². The predicted molar refractivity (Wildman–Crippen MR) is 64.8 cm³/mol. The first-order valence-corrected chi connectivity index (χ1v) is 6.35. The molecule has 5 nitrogen and oxygen atoms in total. The van der Waals surface area contributed by atoms with Crippen LogP contribution < -0.4 is 10.6 Å². The number of urea groups is 1. The number of carbonyl (C=O) groups excluding carboxylic acids is 1. The van der Waals surface area contributed by atoms with Crippen molar-refractivity contribution < 1.29 is 14.7 Å². The summed E-state index contributed by atoms with van der Waals surface area (Å²) >= 11 is 0. The molecule has 0 aromatic carbocycles. The lowest BCUT2D eigenvalue weighted by molar-refractivity contribution is -0.136. The number of carboxylic acid groups (broad SMARTS) is 1. The van der Waals surface area contributed by atoms with Crippen LogP contribution >= 0.6 is 0 Å². The van der Waals surface area contributed by atoms with Crippen molar-refractivity contribution >= 4 is 12.0 Å². The van der Waals surface area contributed by atoms with Crippen LogP contribution in [0.2, 0.25) is 0 Å². The Morgan fingerprint density at radius 2 is 1.94 bits per heavy atom. The van der Waals surface area contributed by atoms with Gasteiger partial charge in [-0.05, 0) is 25.7 Å². The van der Waals surface area contributed by atoms with E-state index in [-0.39, 0.29) is 25.0 Å². The van der Waals surface area contributed by atoms with Crippen molar-refractivity contribution in [2.45, 2.75) is 51.5 Å². The third-order valence-electron chi connectivity index (χ3n) is 3.34. The standard InChI is InChI=1S/C12H22N2O3/c1-9(10-5-3-2-4-6-10)14-12(17)13-8-7-11(15)16/h9-10H,2-8H2,1H3,(H,15,16)(H2,13,14,17). The van der Waals surface area contributed by atoms with Gasteiger partial charge in [0, 0.05) is 12.6 Å². The molecule has 0 aliphatic heterocycles. The first-order valence-electron chi connectivity index (χ1n) is 6.35. The molecule has 2 amide bonds. The smallest absolute Gasteiger partial charge is 0.315 e. The lowest BCUT2D eigenvalue weighted by Gasteiger charge is -2.28. The molecule has 5 heteroatoms. The predicted octanol–water partition coefficient (Wildman–Crippen LogP) is 1.73. The quantitative estimate of drug-likeness (QED) is 0.687. The summed E-state index contributed by atoms with van der Waals surface area (Å²) < 4.78 is 0. The first kappa shape index (κ1) is 13.8. The summed E-state index contributed by atoms with van der Waals surface area (Å²) in [5.74, 6) is -0.334. The Bertz CT molecular complexity index is 262. The second kappa shape index (κ2) is 7.14. The number of rotatable bonds is 5. The largest absolute Gasteiger partial charge is 0.481 e. The minimum Gasteiger partial charge on any atom is -0.481 e. The van der Waals surface area contributed by atoms with Gasteiger partial charge in [0.25, 0.3) is 0 Å². The molecule has 0 radical (unpaired) electrons. The second-order valence-electron chi connectivity index (χ2n) is 4.73. The summed E-state index contributed by atoms with van der Waals surface area (Å²) in [6.45, 7) is 2.20. The molecule has 98 valence electrons. The van der Waals surface area contributed by atoms with Crippen molar-refractivity contribution in [2.75, 3.05) is 6.54 Å². The molecule has 1 atom stereocenters. The van der Waals surface area contributed by atoms with Crippen molar-refractivity contribution in [2.24, 2.45) is 5.92 Å². The zero-order valence-corrected chi connectivity index (χ0v) is 10.4. The van der Waals surface area contributed by atoms with Gasteiger partial charge in [-0.25, -0.2) is 4.79 Å². The highest BCUT2D eigenvalue weighted by Gasteiger charge is 2.21. The van der Waals surface area contributed by atoms with Crippen molar-refractivity contribution in [3.63, 3.8) is 0 Å². The molecular weight excluding hydrogens is 220 g/mol. The highest BCUT2D eigenvalue weighted by atomic mass is 16.4. The Morgan fingerprint density at radius 1 is 1.29 bits per heavy atom. The van der Waals surface area contributed by atoms with Crippen LogP contribution in [0.1, 0.15) is 45.4 Å². The SMILES string of the molecule is CC(NC(=O)NCCC(=O)O)C1CCCCC1. The summed E-state index contributed by atoms with van der Waals surface area (Å²) in [6.07, 6.45) is 6.11. The van der Waals surface area contributed by atoms with E-state index >= 15 is 0 Å². The topological polar surface area (TPSA) is 78.4 Å². The molecule has 1 saturated carbocycles. The monoisotopic (exact) mass is 242 g/mol. The lowest BCUT2D eigenvalue weighted by atomic mass is 9.85. The van der Waals surface area contributed by atoms with Gasteiger partial charge < -0.3 is 15.7 Å². The Kier molecular flexibility index (Phi) is 5.80. The Hall–Kier alpha value is -1.26. The van der Waals surface area contributed by atoms with Crippen LogP contribution in [0.3, 0.4) is 0 Å². The number of nitrogens with one attached hydrogen (secondary N) is 2. The molecule has 0 saturated heterocycles. The summed E-state index contributed by atoms with van der Waals surface area (Å²) in [5, 5.41) is 13.9. The molecule has 0 bridgehead atoms. The molecule has 0 spiro atoms. The molecule has 1 fully saturated rings. The van der Waals surface area contributed by atoms with E-state index in [9.17, 15) is 9.59 Å². The minimum absolute atomic E-state index is 0.0365. The van der Waals surface area contributed by atoms with E-state index in [1.54, 1.807) is 0 Å². The summed E-state index contributed by atoms with van der Waals surface area (Å²) in [6, 6.07) is -0.0931. The average molecular weight is 242 g/mol. The van der Waals surface area contributed by atoms with E-state index < -0.39 is 5.97 Å². The van der Waals surface area contributed by atoms with Crippen LogP contribution in [0.15, 0.2) is 0 Å². The lowest BCUT2D eigenvalue weighted by Crippen LogP contribution is -2.44. The summed E-state index contributed by atoms with van der Waals surface area (Å²) in [5.41, 5.74) is 0. The van der Waals surface area contributed by atoms with E-state index in [2.05, 4.69) is 10.6 Å². The van der Waals surface area contributed by atoms with E-state index in [4.69, 9.17) is 5.11 Å². The molecule has 17 heavy (non-hydrogen) atoms. The maximum Gasteiger partial charge on any atom is 0.315 e. The van der Waals surface area contributed by atoms with Crippen LogP contribution in [0, 0.1) is 5.92 Å². The number of aliphatic carboxylic acids is 1. The normalized spacial score (nSPS) is 18.4. The Balaban J connectivity index is 2.18. The van der Waals surface area contributed by atoms with Gasteiger partial charge in [-0.3, -0.25) is 4.79 Å². The minimum atomic E-state index is -0.898. The summed E-state index contributed by atoms with van der Waals surface area (Å²) in [7, 11) is 0. The van der Waals surface area contributed by atoms with Gasteiger partial charge in [-0.15, -0.1) is 0 Å². The first-order chi connectivity index (χ1) is 8.09. The van der Waals surface area contributed by atoms with Gasteiger partial charge in [0.15, 0.2) is 0 Å². The van der Waals surface area contributed by atoms with E-state index in [0.717, 1.165) is 0 Å². The number of hydrogen-bond acceptors (Lipinski definition) is 2. The van der Waals surface area contributed by atoms with Crippen molar-refractivity contribution in [1.82, 2.24) is 10.6 Å². The van der Waals surface area contributed by atoms with Crippen LogP contribution in [0.5, 0.6) is 0 Å². The van der Waals surface area contributed by atoms with Crippen molar-refractivity contribution in [3.05, 3.63) is 0 Å². The fourth-order valence-electron chi connectivity index (χ4n) is 2.29. The maximum atomic E-state index is 11.5. The molecular formula is C12H22N2O3. The third-order valence-corrected chi connectivity index (χ3v) is 3.34. The maximum absolute atomic E-state index is 11.5. The Labute approximate surface area is 102 Å². The van der Waals surface area contributed by atoms with E-state index in [1.807, 2.05) is 6.92 Å². The fraction of sp³-hybridized carbons (Fsp3) is 0.833. The van der Waals surface area contributed by atoms with Gasteiger partial charge in [0.1, 0.15) is 0 Å². The molecule has 0 heterocycles. The van der Waals surface area contributed by atoms with E-state index in [0.29, 0.717) is 5.92 Å². The fourth-order valence-corrected chi connectivity index (χ4v) is 2.29. The van der Waals surface area contributed by atoms with Gasteiger partial charge in [-0.2, -0.15) is 0 Å². The number of hydrogen-bond donors (Lipinski definition) is 3. The van der Waals surface area contributed by atoms with Crippen molar-refractivity contribution in [3.8, 4) is 0 Å². The van der Waals surface area contributed by atoms with Crippen LogP contribution in [-0.4, -0.2) is 29.7 Å². The Morgan fingerprint density at radius 3 is 2.53 bits per heavy atom. The van der Waals surface area contributed by atoms with E-state index in [1.165, 1.54) is 32.1 Å². The number of carbonyl (C=O) groups is 2. The molecule has 1 aliphatic rings. The zero-order chi connectivity index (χ0) is 12.7. The molecule has 3 N–H and O–H groups in total. The van der Waals surface area contributed by atoms with Gasteiger partial charge in [-0.1, -0.05) is 19.3 Å². The number of carboxylic acids is 1. The molecule has 0 aromatic heterocycles. The second-order valence-corrected chi connectivity index (χ2v) is 4.73. The van der Waals surface area contributed by atoms with Gasteiger partial charge in [0.05, 0.1) is 6.42 Å². The third kappa shape index (κ3) is 5.56. The molecule has 1 aliphatic carbocycles. The zero-order valence-electron chi connectivity index (χ0n) is 10.4. The van der Waals surface area contributed by atoms with Gasteiger partial charge in [0.2, 0.25) is 0 Å².